The van der Waals surface area contributed by atoms with E-state index in [4.69, 9.17) is 5.73 Å². The van der Waals surface area contributed by atoms with E-state index in [0.29, 0.717) is 23.6 Å². The molecule has 3 atom stereocenters. The van der Waals surface area contributed by atoms with Crippen LogP contribution in [-0.4, -0.2) is 22.5 Å². The van der Waals surface area contributed by atoms with Gasteiger partial charge in [0.15, 0.2) is 6.04 Å². The molecule has 0 saturated heterocycles. The molecule has 0 aliphatic heterocycles. The number of hydrogen-bond donors (Lipinski definition) is 3. The summed E-state index contributed by atoms with van der Waals surface area (Å²) in [4.78, 5) is 24.3. The van der Waals surface area contributed by atoms with E-state index in [9.17, 15) is 14.7 Å². The minimum absolute atomic E-state index is 0.357. The Hall–Kier alpha value is -1.40. The third-order valence-electron chi connectivity index (χ3n) is 3.83. The maximum Gasteiger partial charge on any atom is 0.331 e. The van der Waals surface area contributed by atoms with Gasteiger partial charge in [-0.25, -0.2) is 4.79 Å². The summed E-state index contributed by atoms with van der Waals surface area (Å²) in [5.74, 6) is -1.03. The Bertz CT molecular complexity index is 489. The Kier molecular flexibility index (Phi) is 4.45. The highest BCUT2D eigenvalue weighted by Crippen LogP contribution is 2.31. The fraction of sp³-hybridized carbons (Fsp3) is 0.571. The van der Waals surface area contributed by atoms with Gasteiger partial charge in [-0.1, -0.05) is 25.8 Å². The van der Waals surface area contributed by atoms with Crippen molar-refractivity contribution in [2.45, 2.75) is 44.2 Å². The fourth-order valence-electron chi connectivity index (χ4n) is 2.78. The Morgan fingerprint density at radius 3 is 2.90 bits per heavy atom. The van der Waals surface area contributed by atoms with Crippen LogP contribution < -0.4 is 11.1 Å². The highest BCUT2D eigenvalue weighted by atomic mass is 32.1. The number of carbonyl (C=O) groups excluding carboxylic acids is 1. The van der Waals surface area contributed by atoms with E-state index >= 15 is 0 Å². The number of amides is 1. The van der Waals surface area contributed by atoms with Gasteiger partial charge in [-0.2, -0.15) is 0 Å². The first kappa shape index (κ1) is 15.0. The van der Waals surface area contributed by atoms with Crippen molar-refractivity contribution >= 4 is 23.2 Å². The van der Waals surface area contributed by atoms with Gasteiger partial charge in [-0.3, -0.25) is 4.79 Å². The van der Waals surface area contributed by atoms with Gasteiger partial charge in [0.2, 0.25) is 5.91 Å². The molecule has 1 aliphatic rings. The molecule has 0 spiro atoms. The van der Waals surface area contributed by atoms with E-state index in [0.717, 1.165) is 12.8 Å². The molecule has 0 bridgehead atoms. The van der Waals surface area contributed by atoms with E-state index in [2.05, 4.69) is 12.2 Å². The van der Waals surface area contributed by atoms with Crippen LogP contribution in [0.1, 0.15) is 43.5 Å². The first-order valence-electron chi connectivity index (χ1n) is 6.78. The molecule has 1 aliphatic carbocycles. The number of thiophene rings is 1. The van der Waals surface area contributed by atoms with Crippen LogP contribution in [0.3, 0.4) is 0 Å². The van der Waals surface area contributed by atoms with Crippen LogP contribution in [0, 0.1) is 5.92 Å². The van der Waals surface area contributed by atoms with Crippen molar-refractivity contribution in [3.63, 3.8) is 0 Å². The van der Waals surface area contributed by atoms with Crippen LogP contribution in [0.5, 0.6) is 0 Å². The molecule has 1 amide bonds. The van der Waals surface area contributed by atoms with E-state index in [1.54, 1.807) is 17.5 Å². The zero-order valence-electron chi connectivity index (χ0n) is 11.5. The van der Waals surface area contributed by atoms with Gasteiger partial charge in [0.05, 0.1) is 5.54 Å². The Balaban J connectivity index is 2.10. The molecular weight excluding hydrogens is 276 g/mol. The summed E-state index contributed by atoms with van der Waals surface area (Å²) in [5.41, 5.74) is 5.25. The molecule has 20 heavy (non-hydrogen) atoms. The summed E-state index contributed by atoms with van der Waals surface area (Å²) in [5, 5.41) is 13.7. The topological polar surface area (TPSA) is 92.4 Å². The van der Waals surface area contributed by atoms with Crippen LogP contribution in [0.2, 0.25) is 0 Å². The van der Waals surface area contributed by atoms with E-state index in [1.807, 2.05) is 0 Å². The predicted octanol–water partition coefficient (Wildman–Crippen LogP) is 1.90. The smallest absolute Gasteiger partial charge is 0.331 e. The number of carboxylic acid groups (broad SMARTS) is 1. The van der Waals surface area contributed by atoms with E-state index in [1.165, 1.54) is 11.3 Å². The first-order valence-corrected chi connectivity index (χ1v) is 7.66. The lowest BCUT2D eigenvalue weighted by molar-refractivity contribution is -0.143. The molecule has 5 nitrogen and oxygen atoms in total. The number of nitrogens with one attached hydrogen (secondary N) is 1. The van der Waals surface area contributed by atoms with Crippen molar-refractivity contribution in [1.29, 1.82) is 0 Å². The Labute approximate surface area is 122 Å². The van der Waals surface area contributed by atoms with Gasteiger partial charge in [-0.15, -0.1) is 11.3 Å². The maximum absolute atomic E-state index is 12.4. The summed E-state index contributed by atoms with van der Waals surface area (Å²) in [6.45, 7) is 2.07. The number of carbonyl (C=O) groups is 2. The molecule has 1 fully saturated rings. The summed E-state index contributed by atoms with van der Waals surface area (Å²) < 4.78 is 0. The highest BCUT2D eigenvalue weighted by Gasteiger charge is 2.39. The lowest BCUT2D eigenvalue weighted by atomic mass is 9.76. The van der Waals surface area contributed by atoms with Crippen molar-refractivity contribution < 1.29 is 14.7 Å². The number of hydrogen-bond acceptors (Lipinski definition) is 4. The second-order valence-electron chi connectivity index (χ2n) is 5.62. The number of nitrogens with two attached hydrogens (primary N) is 1. The molecule has 4 N–H and O–H groups in total. The van der Waals surface area contributed by atoms with E-state index < -0.39 is 17.6 Å². The van der Waals surface area contributed by atoms with Gasteiger partial charge >= 0.3 is 5.97 Å². The van der Waals surface area contributed by atoms with Crippen LogP contribution in [0.4, 0.5) is 0 Å². The molecule has 1 heterocycles. The number of aliphatic carboxylic acids is 1. The van der Waals surface area contributed by atoms with Crippen LogP contribution >= 0.6 is 11.3 Å². The normalized spacial score (nSPS) is 27.8. The van der Waals surface area contributed by atoms with Crippen LogP contribution in [0.25, 0.3) is 0 Å². The summed E-state index contributed by atoms with van der Waals surface area (Å²) >= 11 is 1.31. The summed E-state index contributed by atoms with van der Waals surface area (Å²) in [6.07, 6.45) is 3.19. The van der Waals surface area contributed by atoms with Crippen molar-refractivity contribution in [1.82, 2.24) is 5.32 Å². The molecule has 2 rings (SSSR count). The predicted molar refractivity (Wildman–Crippen MR) is 77.4 cm³/mol. The Morgan fingerprint density at radius 1 is 1.60 bits per heavy atom. The standard InChI is InChI=1S/C14H20N2O3S/c1-9-4-2-6-14(15,8-9)13(19)16-11(12(17)18)10-5-3-7-20-10/h3,5,7,9,11H,2,4,6,8,15H2,1H3,(H,16,19)(H,17,18). The SMILES string of the molecule is CC1CCCC(N)(C(=O)NC(C(=O)O)c2cccs2)C1. The highest BCUT2D eigenvalue weighted by molar-refractivity contribution is 7.10. The molecule has 6 heteroatoms. The van der Waals surface area contributed by atoms with Crippen LogP contribution in [-0.2, 0) is 9.59 Å². The van der Waals surface area contributed by atoms with Gasteiger partial charge in [0.1, 0.15) is 0 Å². The second kappa shape index (κ2) is 5.93. The van der Waals surface area contributed by atoms with Gasteiger partial charge in [0, 0.05) is 4.88 Å². The molecule has 3 unspecified atom stereocenters. The largest absolute Gasteiger partial charge is 0.479 e. The fourth-order valence-corrected chi connectivity index (χ4v) is 3.55. The third kappa shape index (κ3) is 3.19. The number of rotatable bonds is 4. The van der Waals surface area contributed by atoms with E-state index in [-0.39, 0.29) is 5.91 Å². The van der Waals surface area contributed by atoms with Crippen molar-refractivity contribution in [3.8, 4) is 0 Å². The molecule has 110 valence electrons. The average Bonchev–Trinajstić information content (AvgIpc) is 2.88. The molecule has 1 saturated carbocycles. The number of carboxylic acids is 1. The summed E-state index contributed by atoms with van der Waals surface area (Å²) in [6, 6.07) is 2.46. The first-order chi connectivity index (χ1) is 9.42. The average molecular weight is 296 g/mol. The van der Waals surface area contributed by atoms with Crippen LogP contribution in [0.15, 0.2) is 17.5 Å². The Morgan fingerprint density at radius 2 is 2.35 bits per heavy atom. The van der Waals surface area contributed by atoms with Crippen molar-refractivity contribution in [2.75, 3.05) is 0 Å². The maximum atomic E-state index is 12.4. The zero-order valence-corrected chi connectivity index (χ0v) is 12.3. The second-order valence-corrected chi connectivity index (χ2v) is 6.60. The molecule has 1 aromatic heterocycles. The molecular formula is C14H20N2O3S. The third-order valence-corrected chi connectivity index (χ3v) is 4.77. The zero-order chi connectivity index (χ0) is 14.8. The minimum atomic E-state index is -1.06. The minimum Gasteiger partial charge on any atom is -0.479 e. The lowest BCUT2D eigenvalue weighted by Gasteiger charge is -2.36. The lowest BCUT2D eigenvalue weighted by Crippen LogP contribution is -2.57. The summed E-state index contributed by atoms with van der Waals surface area (Å²) in [7, 11) is 0. The van der Waals surface area contributed by atoms with Crippen molar-refractivity contribution in [2.24, 2.45) is 11.7 Å². The van der Waals surface area contributed by atoms with Gasteiger partial charge in [-0.05, 0) is 30.2 Å². The molecule has 0 aromatic carbocycles. The van der Waals surface area contributed by atoms with Gasteiger partial charge in [0.25, 0.3) is 0 Å². The monoisotopic (exact) mass is 296 g/mol. The quantitative estimate of drug-likeness (QED) is 0.791. The molecule has 1 aromatic rings. The van der Waals surface area contributed by atoms with Gasteiger partial charge < -0.3 is 16.2 Å². The molecule has 0 radical (unpaired) electrons. The van der Waals surface area contributed by atoms with Crippen molar-refractivity contribution in [3.05, 3.63) is 22.4 Å².